The van der Waals surface area contributed by atoms with E-state index in [2.05, 4.69) is 15.4 Å². The van der Waals surface area contributed by atoms with E-state index in [1.54, 1.807) is 24.3 Å². The Morgan fingerprint density at radius 1 is 1.20 bits per heavy atom. The van der Waals surface area contributed by atoms with E-state index in [0.717, 1.165) is 19.3 Å². The van der Waals surface area contributed by atoms with Crippen LogP contribution in [0.25, 0.3) is 0 Å². The summed E-state index contributed by atoms with van der Waals surface area (Å²) in [6.45, 7) is -0.185. The molecule has 138 valence electrons. The zero-order chi connectivity index (χ0) is 17.5. The average Bonchev–Trinajstić information content (AvgIpc) is 2.60. The third kappa shape index (κ3) is 6.36. The second-order valence-corrected chi connectivity index (χ2v) is 5.95. The molecule has 4 N–H and O–H groups in total. The number of nitrogens with two attached hydrogens (primary N) is 1. The molecule has 0 bridgehead atoms. The highest BCUT2D eigenvalue weighted by Crippen LogP contribution is 2.24. The molecule has 1 aliphatic carbocycles. The largest absolute Gasteiger partial charge is 0.468 e. The highest BCUT2D eigenvalue weighted by atomic mass is 35.5. The summed E-state index contributed by atoms with van der Waals surface area (Å²) in [4.78, 5) is 35.1. The standard InChI is InChI=1S/C17H23N3O4.ClH/c1-24-15(21)10-19-16(22)11-5-7-14(8-6-11)20-17(23)12-3-2-4-13(18)9-12;/h5-8,12-13H,2-4,9-10,18H2,1H3,(H,19,22)(H,20,23);1H. The van der Waals surface area contributed by atoms with Gasteiger partial charge in [0.05, 0.1) is 7.11 Å². The molecule has 2 amide bonds. The molecule has 1 fully saturated rings. The van der Waals surface area contributed by atoms with E-state index in [9.17, 15) is 14.4 Å². The number of rotatable bonds is 5. The Hall–Kier alpha value is -2.12. The molecule has 25 heavy (non-hydrogen) atoms. The molecular weight excluding hydrogens is 346 g/mol. The Kier molecular flexibility index (Phi) is 8.37. The van der Waals surface area contributed by atoms with Gasteiger partial charge in [-0.15, -0.1) is 12.4 Å². The second kappa shape index (κ2) is 10.0. The number of esters is 1. The normalized spacial score (nSPS) is 19.3. The van der Waals surface area contributed by atoms with E-state index in [1.165, 1.54) is 7.11 Å². The Morgan fingerprint density at radius 3 is 2.48 bits per heavy atom. The molecule has 0 heterocycles. The first-order valence-corrected chi connectivity index (χ1v) is 8.01. The first-order valence-electron chi connectivity index (χ1n) is 8.01. The van der Waals surface area contributed by atoms with Crippen LogP contribution in [0.5, 0.6) is 0 Å². The number of amides is 2. The molecule has 0 radical (unpaired) electrons. The molecule has 1 saturated carbocycles. The fourth-order valence-electron chi connectivity index (χ4n) is 2.74. The fourth-order valence-corrected chi connectivity index (χ4v) is 2.74. The van der Waals surface area contributed by atoms with Crippen LogP contribution >= 0.6 is 12.4 Å². The number of carbonyl (C=O) groups is 3. The minimum absolute atomic E-state index is 0. The van der Waals surface area contributed by atoms with Gasteiger partial charge in [-0.3, -0.25) is 14.4 Å². The van der Waals surface area contributed by atoms with Crippen LogP contribution in [0.3, 0.4) is 0 Å². The molecule has 0 spiro atoms. The molecule has 2 atom stereocenters. The van der Waals surface area contributed by atoms with Gasteiger partial charge in [0.25, 0.3) is 5.91 Å². The number of nitrogens with one attached hydrogen (secondary N) is 2. The quantitative estimate of drug-likeness (QED) is 0.680. The topological polar surface area (TPSA) is 111 Å². The first-order chi connectivity index (χ1) is 11.5. The van der Waals surface area contributed by atoms with Crippen molar-refractivity contribution in [3.8, 4) is 0 Å². The van der Waals surface area contributed by atoms with Crippen LogP contribution in [0.4, 0.5) is 5.69 Å². The first kappa shape index (κ1) is 20.9. The molecule has 7 nitrogen and oxygen atoms in total. The van der Waals surface area contributed by atoms with Crippen LogP contribution in [0, 0.1) is 5.92 Å². The summed E-state index contributed by atoms with van der Waals surface area (Å²) in [5.74, 6) is -0.987. The fraction of sp³-hybridized carbons (Fsp3) is 0.471. The van der Waals surface area contributed by atoms with Crippen LogP contribution in [0.1, 0.15) is 36.0 Å². The van der Waals surface area contributed by atoms with Gasteiger partial charge in [-0.2, -0.15) is 0 Å². The van der Waals surface area contributed by atoms with E-state index in [1.807, 2.05) is 0 Å². The highest BCUT2D eigenvalue weighted by molar-refractivity contribution is 5.97. The van der Waals surface area contributed by atoms with E-state index in [0.29, 0.717) is 17.7 Å². The molecule has 1 aromatic rings. The van der Waals surface area contributed by atoms with Crippen molar-refractivity contribution < 1.29 is 19.1 Å². The molecule has 0 aromatic heterocycles. The average molecular weight is 370 g/mol. The molecule has 1 aliphatic rings. The number of ether oxygens (including phenoxy) is 1. The minimum atomic E-state index is -0.516. The predicted octanol–water partition coefficient (Wildman–Crippen LogP) is 1.47. The van der Waals surface area contributed by atoms with Crippen molar-refractivity contribution in [2.24, 2.45) is 11.7 Å². The number of anilines is 1. The monoisotopic (exact) mass is 369 g/mol. The summed E-state index contributed by atoms with van der Waals surface area (Å²) in [5.41, 5.74) is 6.94. The van der Waals surface area contributed by atoms with Crippen LogP contribution in [-0.4, -0.2) is 37.5 Å². The summed E-state index contributed by atoms with van der Waals surface area (Å²) in [5, 5.41) is 5.31. The van der Waals surface area contributed by atoms with Crippen molar-refractivity contribution in [2.75, 3.05) is 19.0 Å². The molecule has 1 aromatic carbocycles. The van der Waals surface area contributed by atoms with Crippen molar-refractivity contribution in [2.45, 2.75) is 31.7 Å². The maximum Gasteiger partial charge on any atom is 0.325 e. The molecule has 2 rings (SSSR count). The molecule has 2 unspecified atom stereocenters. The highest BCUT2D eigenvalue weighted by Gasteiger charge is 2.25. The number of methoxy groups -OCH3 is 1. The minimum Gasteiger partial charge on any atom is -0.468 e. The number of halogens is 1. The molecular formula is C17H24ClN3O4. The van der Waals surface area contributed by atoms with Gasteiger partial charge >= 0.3 is 5.97 Å². The maximum absolute atomic E-state index is 12.2. The van der Waals surface area contributed by atoms with Crippen LogP contribution in [0.2, 0.25) is 0 Å². The number of carbonyl (C=O) groups excluding carboxylic acids is 3. The maximum atomic E-state index is 12.2. The lowest BCUT2D eigenvalue weighted by Crippen LogP contribution is -2.34. The van der Waals surface area contributed by atoms with Gasteiger partial charge in [0, 0.05) is 23.2 Å². The van der Waals surface area contributed by atoms with E-state index < -0.39 is 5.97 Å². The van der Waals surface area contributed by atoms with Crippen LogP contribution in [-0.2, 0) is 14.3 Å². The Morgan fingerprint density at radius 2 is 1.88 bits per heavy atom. The van der Waals surface area contributed by atoms with Gasteiger partial charge in [0.15, 0.2) is 0 Å². The summed E-state index contributed by atoms with van der Waals surface area (Å²) in [6.07, 6.45) is 3.51. The van der Waals surface area contributed by atoms with Crippen molar-refractivity contribution in [3.05, 3.63) is 29.8 Å². The Labute approximate surface area is 153 Å². The predicted molar refractivity (Wildman–Crippen MR) is 96.6 cm³/mol. The number of benzene rings is 1. The van der Waals surface area contributed by atoms with Gasteiger partial charge in [-0.25, -0.2) is 0 Å². The third-order valence-corrected chi connectivity index (χ3v) is 4.12. The van der Waals surface area contributed by atoms with Crippen molar-refractivity contribution >= 4 is 35.9 Å². The van der Waals surface area contributed by atoms with Crippen LogP contribution in [0.15, 0.2) is 24.3 Å². The van der Waals surface area contributed by atoms with Crippen LogP contribution < -0.4 is 16.4 Å². The van der Waals surface area contributed by atoms with Crippen molar-refractivity contribution in [1.82, 2.24) is 5.32 Å². The van der Waals surface area contributed by atoms with Gasteiger partial charge in [0.2, 0.25) is 5.91 Å². The van der Waals surface area contributed by atoms with Gasteiger partial charge in [-0.05, 0) is 43.5 Å². The Balaban J connectivity index is 0.00000312. The summed E-state index contributed by atoms with van der Waals surface area (Å²) >= 11 is 0. The zero-order valence-corrected chi connectivity index (χ0v) is 14.9. The van der Waals surface area contributed by atoms with E-state index in [-0.39, 0.29) is 42.7 Å². The van der Waals surface area contributed by atoms with Crippen molar-refractivity contribution in [3.63, 3.8) is 0 Å². The lowest BCUT2D eigenvalue weighted by Gasteiger charge is -2.25. The van der Waals surface area contributed by atoms with E-state index >= 15 is 0 Å². The smallest absolute Gasteiger partial charge is 0.325 e. The summed E-state index contributed by atoms with van der Waals surface area (Å²) in [6, 6.07) is 6.60. The van der Waals surface area contributed by atoms with Gasteiger partial charge < -0.3 is 21.1 Å². The SMILES string of the molecule is COC(=O)CNC(=O)c1ccc(NC(=O)C2CCCC(N)C2)cc1.Cl. The molecule has 8 heteroatoms. The third-order valence-electron chi connectivity index (χ3n) is 4.12. The van der Waals surface area contributed by atoms with Gasteiger partial charge in [-0.1, -0.05) is 6.42 Å². The van der Waals surface area contributed by atoms with E-state index in [4.69, 9.17) is 5.73 Å². The molecule has 0 aliphatic heterocycles. The summed E-state index contributed by atoms with van der Waals surface area (Å²) < 4.78 is 4.45. The lowest BCUT2D eigenvalue weighted by atomic mass is 9.85. The zero-order valence-electron chi connectivity index (χ0n) is 14.1. The Bertz CT molecular complexity index is 606. The number of hydrogen-bond donors (Lipinski definition) is 3. The van der Waals surface area contributed by atoms with Gasteiger partial charge in [0.1, 0.15) is 6.54 Å². The second-order valence-electron chi connectivity index (χ2n) is 5.95. The molecule has 0 saturated heterocycles. The summed E-state index contributed by atoms with van der Waals surface area (Å²) in [7, 11) is 1.26. The number of hydrogen-bond acceptors (Lipinski definition) is 5. The van der Waals surface area contributed by atoms with Crippen molar-refractivity contribution in [1.29, 1.82) is 0 Å². The lowest BCUT2D eigenvalue weighted by molar-refractivity contribution is -0.139.